The van der Waals surface area contributed by atoms with Crippen LogP contribution in [0.15, 0.2) is 174 Å². The molecule has 0 atom stereocenters. The number of para-hydroxylation sites is 1. The van der Waals surface area contributed by atoms with Crippen molar-refractivity contribution in [1.29, 1.82) is 0 Å². The third kappa shape index (κ3) is 4.60. The number of hydrogen-bond acceptors (Lipinski definition) is 4. The monoisotopic (exact) mass is 640 g/mol. The van der Waals surface area contributed by atoms with Gasteiger partial charge in [0.05, 0.1) is 11.0 Å². The van der Waals surface area contributed by atoms with E-state index in [2.05, 4.69) is 89.5 Å². The molecule has 234 valence electrons. The quantitative estimate of drug-likeness (QED) is 0.188. The van der Waals surface area contributed by atoms with Crippen LogP contribution in [0.25, 0.3) is 94.7 Å². The summed E-state index contributed by atoms with van der Waals surface area (Å²) in [5.74, 6) is 1.82. The molecule has 0 spiro atoms. The Balaban J connectivity index is 1.27. The van der Waals surface area contributed by atoms with Crippen LogP contribution in [0.2, 0.25) is 0 Å². The van der Waals surface area contributed by atoms with Crippen molar-refractivity contribution in [3.05, 3.63) is 170 Å². The predicted octanol–water partition coefficient (Wildman–Crippen LogP) is 11.5. The van der Waals surface area contributed by atoms with Gasteiger partial charge in [0.2, 0.25) is 5.95 Å². The molecule has 0 saturated heterocycles. The minimum absolute atomic E-state index is 0.568. The second-order valence-electron chi connectivity index (χ2n) is 12.5. The van der Waals surface area contributed by atoms with Crippen LogP contribution in [0.3, 0.4) is 0 Å². The van der Waals surface area contributed by atoms with Crippen molar-refractivity contribution in [2.75, 3.05) is 0 Å². The number of furan rings is 1. The van der Waals surface area contributed by atoms with Gasteiger partial charge in [-0.2, -0.15) is 9.97 Å². The molecule has 0 aliphatic rings. The molecule has 0 aliphatic carbocycles. The lowest BCUT2D eigenvalue weighted by molar-refractivity contribution is 0.669. The number of fused-ring (bicyclic) bond motifs is 6. The van der Waals surface area contributed by atoms with Gasteiger partial charge < -0.3 is 4.42 Å². The lowest BCUT2D eigenvalue weighted by Crippen LogP contribution is -2.06. The van der Waals surface area contributed by atoms with Crippen molar-refractivity contribution >= 4 is 43.7 Å². The standard InChI is InChI=1S/C45H28N4O/c1-4-13-29(14-5-1)32-23-25-35-37-27-33(34-20-12-22-41-42(34)36-19-10-11-21-40(36)50-41)24-26-38(37)49(39(35)28-32)45-47-43(30-15-6-2-7-16-30)46-44(48-45)31-17-8-3-9-18-31/h1-28H. The first kappa shape index (κ1) is 28.2. The average molecular weight is 641 g/mol. The number of nitrogens with zero attached hydrogens (tertiary/aromatic N) is 4. The van der Waals surface area contributed by atoms with Crippen LogP contribution in [0.5, 0.6) is 0 Å². The van der Waals surface area contributed by atoms with Gasteiger partial charge in [0.25, 0.3) is 0 Å². The predicted molar refractivity (Wildman–Crippen MR) is 203 cm³/mol. The van der Waals surface area contributed by atoms with Crippen molar-refractivity contribution < 1.29 is 4.42 Å². The first-order valence-corrected chi connectivity index (χ1v) is 16.7. The Labute approximate surface area is 287 Å². The lowest BCUT2D eigenvalue weighted by atomic mass is 9.97. The summed E-state index contributed by atoms with van der Waals surface area (Å²) in [6.07, 6.45) is 0. The first-order valence-electron chi connectivity index (χ1n) is 16.7. The molecular weight excluding hydrogens is 613 g/mol. The van der Waals surface area contributed by atoms with Gasteiger partial charge in [-0.1, -0.05) is 140 Å². The molecule has 0 unspecified atom stereocenters. The fourth-order valence-corrected chi connectivity index (χ4v) is 7.13. The van der Waals surface area contributed by atoms with Gasteiger partial charge in [0.15, 0.2) is 11.6 Å². The van der Waals surface area contributed by atoms with Crippen molar-refractivity contribution in [2.45, 2.75) is 0 Å². The number of hydrogen-bond donors (Lipinski definition) is 0. The SMILES string of the molecule is c1ccc(-c2ccc3c4cc(-c5cccc6oc7ccccc7c56)ccc4n(-c4nc(-c5ccccc5)nc(-c5ccccc5)n4)c3c2)cc1. The van der Waals surface area contributed by atoms with Crippen molar-refractivity contribution in [3.63, 3.8) is 0 Å². The third-order valence-corrected chi connectivity index (χ3v) is 9.47. The molecule has 0 bridgehead atoms. The van der Waals surface area contributed by atoms with Gasteiger partial charge in [-0.25, -0.2) is 4.98 Å². The molecule has 0 fully saturated rings. The van der Waals surface area contributed by atoms with Crippen molar-refractivity contribution in [2.24, 2.45) is 0 Å². The third-order valence-electron chi connectivity index (χ3n) is 9.47. The molecule has 3 aromatic heterocycles. The highest BCUT2D eigenvalue weighted by molar-refractivity contribution is 6.15. The smallest absolute Gasteiger partial charge is 0.238 e. The van der Waals surface area contributed by atoms with Crippen LogP contribution in [0, 0.1) is 0 Å². The minimum Gasteiger partial charge on any atom is -0.456 e. The van der Waals surface area contributed by atoms with E-state index in [1.165, 1.54) is 0 Å². The highest BCUT2D eigenvalue weighted by Gasteiger charge is 2.20. The van der Waals surface area contributed by atoms with E-state index in [1.807, 2.05) is 84.9 Å². The Morgan fingerprint density at radius 1 is 0.380 bits per heavy atom. The van der Waals surface area contributed by atoms with E-state index in [-0.39, 0.29) is 0 Å². The average Bonchev–Trinajstić information content (AvgIpc) is 3.74. The first-order chi connectivity index (χ1) is 24.8. The Kier molecular flexibility index (Phi) is 6.42. The molecule has 0 N–H and O–H groups in total. The summed E-state index contributed by atoms with van der Waals surface area (Å²) in [5.41, 5.74) is 10.2. The molecule has 0 radical (unpaired) electrons. The zero-order chi connectivity index (χ0) is 33.0. The molecule has 3 heterocycles. The maximum Gasteiger partial charge on any atom is 0.238 e. The van der Waals surface area contributed by atoms with Gasteiger partial charge in [-0.3, -0.25) is 4.57 Å². The number of benzene rings is 7. The maximum absolute atomic E-state index is 6.26. The molecule has 10 rings (SSSR count). The summed E-state index contributed by atoms with van der Waals surface area (Å²) >= 11 is 0. The second-order valence-corrected chi connectivity index (χ2v) is 12.5. The van der Waals surface area contributed by atoms with Crippen LogP contribution in [-0.4, -0.2) is 19.5 Å². The van der Waals surface area contributed by atoms with Crippen molar-refractivity contribution in [3.8, 4) is 51.0 Å². The van der Waals surface area contributed by atoms with Gasteiger partial charge >= 0.3 is 0 Å². The van der Waals surface area contributed by atoms with E-state index in [0.29, 0.717) is 17.6 Å². The number of aromatic nitrogens is 4. The molecule has 5 heteroatoms. The topological polar surface area (TPSA) is 56.7 Å². The molecule has 50 heavy (non-hydrogen) atoms. The second kappa shape index (κ2) is 11.4. The summed E-state index contributed by atoms with van der Waals surface area (Å²) < 4.78 is 8.45. The lowest BCUT2D eigenvalue weighted by Gasteiger charge is -2.11. The van der Waals surface area contributed by atoms with E-state index in [0.717, 1.165) is 77.1 Å². The van der Waals surface area contributed by atoms with Gasteiger partial charge in [-0.15, -0.1) is 0 Å². The van der Waals surface area contributed by atoms with E-state index >= 15 is 0 Å². The Morgan fingerprint density at radius 2 is 1.00 bits per heavy atom. The Bertz CT molecular complexity index is 2800. The van der Waals surface area contributed by atoms with Crippen LogP contribution < -0.4 is 0 Å². The highest BCUT2D eigenvalue weighted by atomic mass is 16.3. The van der Waals surface area contributed by atoms with Crippen LogP contribution in [0.1, 0.15) is 0 Å². The van der Waals surface area contributed by atoms with E-state index in [9.17, 15) is 0 Å². The summed E-state index contributed by atoms with van der Waals surface area (Å²) in [5, 5.41) is 4.47. The molecule has 10 aromatic rings. The van der Waals surface area contributed by atoms with Gasteiger partial charge in [-0.05, 0) is 52.6 Å². The fraction of sp³-hybridized carbons (Fsp3) is 0. The summed E-state index contributed by atoms with van der Waals surface area (Å²) in [4.78, 5) is 15.3. The number of rotatable bonds is 5. The normalized spacial score (nSPS) is 11.6. The molecule has 0 aliphatic heterocycles. The van der Waals surface area contributed by atoms with Crippen molar-refractivity contribution in [1.82, 2.24) is 19.5 Å². The molecule has 0 saturated carbocycles. The Hall–Kier alpha value is -6.85. The van der Waals surface area contributed by atoms with Gasteiger partial charge in [0, 0.05) is 32.7 Å². The van der Waals surface area contributed by atoms with Crippen LogP contribution >= 0.6 is 0 Å². The summed E-state index contributed by atoms with van der Waals surface area (Å²) in [7, 11) is 0. The summed E-state index contributed by atoms with van der Waals surface area (Å²) in [6.45, 7) is 0. The highest BCUT2D eigenvalue weighted by Crippen LogP contribution is 2.40. The Morgan fingerprint density at radius 3 is 1.72 bits per heavy atom. The molecule has 5 nitrogen and oxygen atoms in total. The minimum atomic E-state index is 0.568. The zero-order valence-electron chi connectivity index (χ0n) is 26.9. The van der Waals surface area contributed by atoms with E-state index in [4.69, 9.17) is 19.4 Å². The van der Waals surface area contributed by atoms with Crippen LogP contribution in [-0.2, 0) is 0 Å². The van der Waals surface area contributed by atoms with Gasteiger partial charge in [0.1, 0.15) is 11.2 Å². The maximum atomic E-state index is 6.26. The summed E-state index contributed by atoms with van der Waals surface area (Å²) in [6, 6.07) is 58.6. The van der Waals surface area contributed by atoms with Crippen LogP contribution in [0.4, 0.5) is 0 Å². The van der Waals surface area contributed by atoms with E-state index in [1.54, 1.807) is 0 Å². The van der Waals surface area contributed by atoms with E-state index < -0.39 is 0 Å². The largest absolute Gasteiger partial charge is 0.456 e. The molecule has 0 amide bonds. The fourth-order valence-electron chi connectivity index (χ4n) is 7.13. The zero-order valence-corrected chi connectivity index (χ0v) is 26.9. The molecule has 7 aromatic carbocycles. The molecular formula is C45H28N4O.